The summed E-state index contributed by atoms with van der Waals surface area (Å²) in [5, 5.41) is 10.2. The average Bonchev–Trinajstić information content (AvgIpc) is 3.09. The minimum absolute atomic E-state index is 0.266. The molecule has 0 radical (unpaired) electrons. The molecule has 0 saturated heterocycles. The summed E-state index contributed by atoms with van der Waals surface area (Å²) in [4.78, 5) is 64.8. The molecule has 0 saturated carbocycles. The molecule has 9 nitrogen and oxygen atoms in total. The minimum Gasteiger partial charge on any atom is -0.317 e. The quantitative estimate of drug-likeness (QED) is 0.127. The van der Waals surface area contributed by atoms with Crippen molar-refractivity contribution in [3.8, 4) is 0 Å². The van der Waals surface area contributed by atoms with Crippen LogP contribution in [0.4, 0.5) is 0 Å². The van der Waals surface area contributed by atoms with Crippen LogP contribution >= 0.6 is 0 Å². The maximum absolute atomic E-state index is 13.5. The maximum Gasteiger partial charge on any atom is 0.261 e. The van der Waals surface area contributed by atoms with Gasteiger partial charge in [0.15, 0.2) is 0 Å². The fourth-order valence-corrected chi connectivity index (χ4v) is 6.97. The number of nitrogens with one attached hydrogen (secondary N) is 1. The molecule has 0 aliphatic carbocycles. The van der Waals surface area contributed by atoms with Gasteiger partial charge < -0.3 is 5.32 Å². The van der Waals surface area contributed by atoms with E-state index in [0.717, 1.165) is 38.7 Å². The number of aromatic nitrogens is 2. The number of carbonyl (C=O) groups is 4. The second-order valence-electron chi connectivity index (χ2n) is 11.8. The van der Waals surface area contributed by atoms with Crippen molar-refractivity contribution in [2.75, 3.05) is 26.2 Å². The highest BCUT2D eigenvalue weighted by atomic mass is 16.2. The van der Waals surface area contributed by atoms with Crippen LogP contribution in [-0.2, 0) is 0 Å². The molecule has 46 heavy (non-hydrogen) atoms. The van der Waals surface area contributed by atoms with Gasteiger partial charge in [0.1, 0.15) is 0 Å². The molecule has 2 aliphatic rings. The lowest BCUT2D eigenvalue weighted by Gasteiger charge is -2.28. The number of carbonyl (C=O) groups excluding carboxylic acids is 4. The highest BCUT2D eigenvalue weighted by molar-refractivity contribution is 6.30. The third-order valence-corrected chi connectivity index (χ3v) is 9.18. The third kappa shape index (κ3) is 4.34. The summed E-state index contributed by atoms with van der Waals surface area (Å²) in [7, 11) is 0. The van der Waals surface area contributed by atoms with Gasteiger partial charge in [-0.15, -0.1) is 0 Å². The smallest absolute Gasteiger partial charge is 0.261 e. The van der Waals surface area contributed by atoms with Crippen LogP contribution in [0, 0.1) is 0 Å². The van der Waals surface area contributed by atoms with Crippen molar-refractivity contribution in [2.45, 2.75) is 19.3 Å². The number of unbranched alkanes of at least 4 members (excludes halogenated alkanes) is 1. The molecule has 0 spiro atoms. The molecule has 0 atom stereocenters. The number of fused-ring (bicyclic) bond motifs is 4. The highest BCUT2D eigenvalue weighted by Crippen LogP contribution is 2.36. The van der Waals surface area contributed by atoms with E-state index in [4.69, 9.17) is 0 Å². The first-order valence-electron chi connectivity index (χ1n) is 15.5. The number of hydrogen-bond donors (Lipinski definition) is 1. The minimum atomic E-state index is -0.274. The normalized spacial score (nSPS) is 14.4. The molecule has 0 bridgehead atoms. The van der Waals surface area contributed by atoms with Gasteiger partial charge in [-0.1, -0.05) is 24.3 Å². The molecule has 6 aromatic rings. The highest BCUT2D eigenvalue weighted by Gasteiger charge is 2.34. The van der Waals surface area contributed by atoms with Crippen LogP contribution in [0.25, 0.3) is 43.1 Å². The number of hydrogen-bond acceptors (Lipinski definition) is 7. The van der Waals surface area contributed by atoms with Crippen LogP contribution < -0.4 is 5.32 Å². The molecule has 4 heterocycles. The molecule has 4 aromatic carbocycles. The first-order valence-corrected chi connectivity index (χ1v) is 15.5. The number of rotatable bonds is 9. The van der Waals surface area contributed by atoms with E-state index in [1.54, 1.807) is 36.9 Å². The maximum atomic E-state index is 13.5. The number of imide groups is 2. The van der Waals surface area contributed by atoms with Gasteiger partial charge in [0.2, 0.25) is 0 Å². The zero-order chi connectivity index (χ0) is 31.4. The standard InChI is InChI=1S/C37H29N5O4/c43-34-26-8-3-6-24-30-20-39-14-10-22(30)18-28(32(24)26)36(45)41(34)16-2-1-12-38-13-5-17-42-35(44)27-9-4-7-25-31-21-40-15-11-23(31)19-29(33(25)27)37(42)46/h3-4,6-11,14-15,18-21,38H,1-2,5,12-13,16-17H2. The summed E-state index contributed by atoms with van der Waals surface area (Å²) in [5.74, 6) is -1.08. The van der Waals surface area contributed by atoms with Crippen LogP contribution in [-0.4, -0.2) is 69.6 Å². The number of benzene rings is 4. The monoisotopic (exact) mass is 607 g/mol. The van der Waals surface area contributed by atoms with E-state index in [-0.39, 0.29) is 23.6 Å². The summed E-state index contributed by atoms with van der Waals surface area (Å²) < 4.78 is 0. The topological polar surface area (TPSA) is 113 Å². The van der Waals surface area contributed by atoms with E-state index in [1.165, 1.54) is 9.80 Å². The fourth-order valence-electron chi connectivity index (χ4n) is 6.97. The molecule has 226 valence electrons. The summed E-state index contributed by atoms with van der Waals surface area (Å²) in [5.41, 5.74) is 2.18. The van der Waals surface area contributed by atoms with Gasteiger partial charge in [0.25, 0.3) is 23.6 Å². The lowest BCUT2D eigenvalue weighted by Crippen LogP contribution is -2.41. The van der Waals surface area contributed by atoms with Crippen molar-refractivity contribution in [1.82, 2.24) is 25.1 Å². The molecule has 2 aromatic heterocycles. The van der Waals surface area contributed by atoms with Gasteiger partial charge in [0, 0.05) is 81.7 Å². The number of pyridine rings is 2. The Kier molecular flexibility index (Phi) is 6.76. The Morgan fingerprint density at radius 1 is 0.522 bits per heavy atom. The van der Waals surface area contributed by atoms with Gasteiger partial charge >= 0.3 is 0 Å². The van der Waals surface area contributed by atoms with Gasteiger partial charge in [-0.2, -0.15) is 0 Å². The lowest BCUT2D eigenvalue weighted by atomic mass is 9.90. The lowest BCUT2D eigenvalue weighted by molar-refractivity contribution is 0.0591. The van der Waals surface area contributed by atoms with Gasteiger partial charge in [0.05, 0.1) is 0 Å². The molecule has 0 fully saturated rings. The van der Waals surface area contributed by atoms with Crippen LogP contribution in [0.1, 0.15) is 60.7 Å². The Morgan fingerprint density at radius 2 is 1.00 bits per heavy atom. The van der Waals surface area contributed by atoms with E-state index in [0.29, 0.717) is 72.0 Å². The zero-order valence-electron chi connectivity index (χ0n) is 25.0. The molecule has 8 rings (SSSR count). The Hall–Kier alpha value is -5.54. The van der Waals surface area contributed by atoms with Gasteiger partial charge in [-0.05, 0) is 90.3 Å². The number of nitrogens with zero attached hydrogens (tertiary/aromatic N) is 4. The Morgan fingerprint density at radius 3 is 1.54 bits per heavy atom. The van der Waals surface area contributed by atoms with Crippen molar-refractivity contribution in [1.29, 1.82) is 0 Å². The van der Waals surface area contributed by atoms with E-state index in [1.807, 2.05) is 48.5 Å². The summed E-state index contributed by atoms with van der Waals surface area (Å²) in [6.45, 7) is 1.94. The largest absolute Gasteiger partial charge is 0.317 e. The van der Waals surface area contributed by atoms with E-state index in [2.05, 4.69) is 15.3 Å². The van der Waals surface area contributed by atoms with Crippen LogP contribution in [0.5, 0.6) is 0 Å². The Balaban J connectivity index is 0.866. The van der Waals surface area contributed by atoms with Crippen molar-refractivity contribution in [2.24, 2.45) is 0 Å². The molecule has 2 aliphatic heterocycles. The summed E-state index contributed by atoms with van der Waals surface area (Å²) in [6, 6.07) is 18.6. The van der Waals surface area contributed by atoms with Crippen molar-refractivity contribution >= 4 is 66.7 Å². The van der Waals surface area contributed by atoms with Crippen LogP contribution in [0.2, 0.25) is 0 Å². The SMILES string of the molecule is O=C1c2cccc3c2c(cc2ccncc23)C(=O)N1CCCCNCCCN1C(=O)c2cccc3c2c(cc2ccncc23)C1=O. The average molecular weight is 608 g/mol. The second-order valence-corrected chi connectivity index (χ2v) is 11.8. The fraction of sp³-hybridized carbons (Fsp3) is 0.189. The van der Waals surface area contributed by atoms with Crippen molar-refractivity contribution in [3.63, 3.8) is 0 Å². The Bertz CT molecular complexity index is 2120. The third-order valence-electron chi connectivity index (χ3n) is 9.18. The van der Waals surface area contributed by atoms with Crippen molar-refractivity contribution < 1.29 is 19.2 Å². The molecule has 0 unspecified atom stereocenters. The molecular formula is C37H29N5O4. The molecule has 9 heteroatoms. The van der Waals surface area contributed by atoms with Crippen molar-refractivity contribution in [3.05, 3.63) is 108 Å². The first kappa shape index (κ1) is 28.0. The molecular weight excluding hydrogens is 578 g/mol. The van der Waals surface area contributed by atoms with E-state index in [9.17, 15) is 19.2 Å². The zero-order valence-corrected chi connectivity index (χ0v) is 25.0. The van der Waals surface area contributed by atoms with Crippen LogP contribution in [0.3, 0.4) is 0 Å². The summed E-state index contributed by atoms with van der Waals surface area (Å²) in [6.07, 6.45) is 8.97. The number of amides is 4. The van der Waals surface area contributed by atoms with Crippen LogP contribution in [0.15, 0.2) is 85.5 Å². The molecule has 4 amide bonds. The Labute approximate surface area is 263 Å². The first-order chi connectivity index (χ1) is 22.5. The molecule has 1 N–H and O–H groups in total. The van der Waals surface area contributed by atoms with Gasteiger partial charge in [-0.25, -0.2) is 0 Å². The predicted octanol–water partition coefficient (Wildman–Crippen LogP) is 5.74. The predicted molar refractivity (Wildman–Crippen MR) is 176 cm³/mol. The van der Waals surface area contributed by atoms with E-state index < -0.39 is 0 Å². The van der Waals surface area contributed by atoms with E-state index >= 15 is 0 Å². The summed E-state index contributed by atoms with van der Waals surface area (Å²) >= 11 is 0. The van der Waals surface area contributed by atoms with Gasteiger partial charge in [-0.3, -0.25) is 38.9 Å². The second kappa shape index (κ2) is 11.1.